The lowest BCUT2D eigenvalue weighted by Gasteiger charge is -2.30. The molecule has 3 rings (SSSR count). The zero-order valence-corrected chi connectivity index (χ0v) is 20.1. The fourth-order valence-corrected chi connectivity index (χ4v) is 8.65. The average molecular weight is 411 g/mol. The van der Waals surface area contributed by atoms with E-state index in [0.29, 0.717) is 11.7 Å². The van der Waals surface area contributed by atoms with E-state index >= 15 is 0 Å². The number of fused-ring (bicyclic) bond motifs is 1. The lowest BCUT2D eigenvalue weighted by molar-refractivity contribution is 0.102. The number of Topliss-reactive ketones (excluding diaryl/α,β-unsaturated/α-hetero) is 1. The van der Waals surface area contributed by atoms with Crippen LogP contribution in [0.4, 0.5) is 0 Å². The van der Waals surface area contributed by atoms with Crippen molar-refractivity contribution < 1.29 is 9.36 Å². The molecular formula is C26H35O2P. The molecule has 3 heteroatoms. The van der Waals surface area contributed by atoms with Gasteiger partial charge in [-0.1, -0.05) is 97.9 Å². The Hall–Kier alpha value is -1.66. The summed E-state index contributed by atoms with van der Waals surface area (Å²) in [6.07, 6.45) is 0.677. The van der Waals surface area contributed by atoms with Crippen LogP contribution in [0.3, 0.4) is 0 Å². The SMILES string of the molecule is CC(C)(C)c1cc(C(C)(C)C)c2c(c1)C(C)(C)CP2(=O)CC(=O)c1ccccc1. The zero-order valence-electron chi connectivity index (χ0n) is 19.2. The van der Waals surface area contributed by atoms with Crippen LogP contribution < -0.4 is 5.30 Å². The second-order valence-corrected chi connectivity index (χ2v) is 14.2. The Morgan fingerprint density at radius 2 is 1.55 bits per heavy atom. The number of hydrogen-bond donors (Lipinski definition) is 0. The van der Waals surface area contributed by atoms with Crippen LogP contribution >= 0.6 is 7.14 Å². The van der Waals surface area contributed by atoms with E-state index < -0.39 is 7.14 Å². The van der Waals surface area contributed by atoms with Crippen molar-refractivity contribution in [3.8, 4) is 0 Å². The molecule has 0 amide bonds. The molecule has 0 radical (unpaired) electrons. The number of carbonyl (C=O) groups is 1. The highest BCUT2D eigenvalue weighted by Gasteiger charge is 2.48. The average Bonchev–Trinajstić information content (AvgIpc) is 2.79. The molecule has 2 aromatic rings. The van der Waals surface area contributed by atoms with Gasteiger partial charge in [-0.2, -0.15) is 0 Å². The minimum atomic E-state index is -2.86. The quantitative estimate of drug-likeness (QED) is 0.431. The summed E-state index contributed by atoms with van der Waals surface area (Å²) in [5, 5.41) is 0.979. The van der Waals surface area contributed by atoms with Crippen molar-refractivity contribution >= 4 is 18.2 Å². The van der Waals surface area contributed by atoms with Crippen LogP contribution in [-0.2, 0) is 20.8 Å². The van der Waals surface area contributed by atoms with Crippen LogP contribution in [0.25, 0.3) is 0 Å². The maximum absolute atomic E-state index is 14.4. The number of hydrogen-bond acceptors (Lipinski definition) is 2. The molecule has 0 aromatic heterocycles. The molecule has 2 nitrogen and oxygen atoms in total. The van der Waals surface area contributed by atoms with Gasteiger partial charge >= 0.3 is 0 Å². The third-order valence-electron chi connectivity index (χ3n) is 6.07. The van der Waals surface area contributed by atoms with Gasteiger partial charge in [0.05, 0.1) is 6.16 Å². The number of carbonyl (C=O) groups excluding carboxylic acids is 1. The van der Waals surface area contributed by atoms with Crippen LogP contribution in [0.1, 0.15) is 82.4 Å². The summed E-state index contributed by atoms with van der Waals surface area (Å²) < 4.78 is 14.4. The summed E-state index contributed by atoms with van der Waals surface area (Å²) in [4.78, 5) is 13.0. The van der Waals surface area contributed by atoms with Gasteiger partial charge in [0.25, 0.3) is 0 Å². The first-order chi connectivity index (χ1) is 13.2. The smallest absolute Gasteiger partial charge is 0.170 e. The first-order valence-corrected chi connectivity index (χ1v) is 12.6. The van der Waals surface area contributed by atoms with Crippen LogP contribution in [0, 0.1) is 0 Å². The molecule has 29 heavy (non-hydrogen) atoms. The topological polar surface area (TPSA) is 34.1 Å². The van der Waals surface area contributed by atoms with Crippen LogP contribution in [0.15, 0.2) is 42.5 Å². The molecule has 0 N–H and O–H groups in total. The van der Waals surface area contributed by atoms with E-state index in [-0.39, 0.29) is 28.2 Å². The molecule has 1 heterocycles. The lowest BCUT2D eigenvalue weighted by atomic mass is 9.75. The van der Waals surface area contributed by atoms with Gasteiger partial charge in [0.2, 0.25) is 0 Å². The molecule has 1 aliphatic heterocycles. The molecule has 1 atom stereocenters. The maximum atomic E-state index is 14.4. The van der Waals surface area contributed by atoms with Gasteiger partial charge < -0.3 is 4.57 Å². The van der Waals surface area contributed by atoms with Gasteiger partial charge in [-0.3, -0.25) is 4.79 Å². The van der Waals surface area contributed by atoms with Crippen molar-refractivity contribution in [2.45, 2.75) is 71.6 Å². The zero-order chi connectivity index (χ0) is 21.8. The highest BCUT2D eigenvalue weighted by atomic mass is 31.2. The monoisotopic (exact) mass is 410 g/mol. The highest BCUT2D eigenvalue weighted by Crippen LogP contribution is 2.59. The van der Waals surface area contributed by atoms with Crippen LogP contribution in [-0.4, -0.2) is 18.1 Å². The molecule has 0 aliphatic carbocycles. The molecule has 1 unspecified atom stereocenters. The first kappa shape index (κ1) is 22.0. The standard InChI is InChI=1S/C26H35O2P/c1-24(2,3)19-14-20(25(4,5)6)23-21(15-19)26(7,8)17-29(23,28)16-22(27)18-12-10-9-11-13-18/h9-15H,16-17H2,1-8H3. The van der Waals surface area contributed by atoms with E-state index in [4.69, 9.17) is 0 Å². The second-order valence-electron chi connectivity index (χ2n) is 11.3. The molecular weight excluding hydrogens is 375 g/mol. The van der Waals surface area contributed by atoms with Gasteiger partial charge in [0.15, 0.2) is 5.78 Å². The first-order valence-electron chi connectivity index (χ1n) is 10.5. The summed E-state index contributed by atoms with van der Waals surface area (Å²) in [7, 11) is -2.86. The highest BCUT2D eigenvalue weighted by molar-refractivity contribution is 7.73. The summed E-state index contributed by atoms with van der Waals surface area (Å²) in [5.41, 5.74) is 3.92. The minimum Gasteiger partial charge on any atom is -0.318 e. The van der Waals surface area contributed by atoms with Gasteiger partial charge in [0, 0.05) is 17.0 Å². The van der Waals surface area contributed by atoms with Crippen LogP contribution in [0.2, 0.25) is 0 Å². The molecule has 0 bridgehead atoms. The molecule has 0 saturated heterocycles. The van der Waals surface area contributed by atoms with Crippen molar-refractivity contribution in [1.82, 2.24) is 0 Å². The summed E-state index contributed by atoms with van der Waals surface area (Å²) in [5.74, 6) is -0.0164. The molecule has 2 aromatic carbocycles. The van der Waals surface area contributed by atoms with Gasteiger partial charge in [-0.15, -0.1) is 0 Å². The van der Waals surface area contributed by atoms with E-state index in [1.807, 2.05) is 30.3 Å². The maximum Gasteiger partial charge on any atom is 0.170 e. The number of benzene rings is 2. The Bertz CT molecular complexity index is 986. The molecule has 1 aliphatic rings. The third kappa shape index (κ3) is 4.15. The largest absolute Gasteiger partial charge is 0.318 e. The summed E-state index contributed by atoms with van der Waals surface area (Å²) >= 11 is 0. The van der Waals surface area contributed by atoms with Gasteiger partial charge in [0.1, 0.15) is 7.14 Å². The van der Waals surface area contributed by atoms with E-state index in [2.05, 4.69) is 67.5 Å². The fourth-order valence-electron chi connectivity index (χ4n) is 4.48. The van der Waals surface area contributed by atoms with Crippen LogP contribution in [0.5, 0.6) is 0 Å². The van der Waals surface area contributed by atoms with Crippen molar-refractivity contribution in [2.24, 2.45) is 0 Å². The number of ketones is 1. The van der Waals surface area contributed by atoms with Gasteiger partial charge in [-0.05, 0) is 32.9 Å². The number of rotatable bonds is 3. The Morgan fingerprint density at radius 3 is 2.07 bits per heavy atom. The Labute approximate surface area is 176 Å². The third-order valence-corrected chi connectivity index (χ3v) is 9.46. The Morgan fingerprint density at radius 1 is 0.966 bits per heavy atom. The Balaban J connectivity index is 2.22. The van der Waals surface area contributed by atoms with E-state index in [0.717, 1.165) is 10.9 Å². The molecule has 0 fully saturated rings. The lowest BCUT2D eigenvalue weighted by Crippen LogP contribution is -2.28. The van der Waals surface area contributed by atoms with Crippen molar-refractivity contribution in [3.05, 3.63) is 64.7 Å². The van der Waals surface area contributed by atoms with Gasteiger partial charge in [-0.25, -0.2) is 0 Å². The summed E-state index contributed by atoms with van der Waals surface area (Å²) in [6.45, 7) is 17.6. The Kier molecular flexibility index (Phi) is 5.28. The van der Waals surface area contributed by atoms with E-state index in [1.165, 1.54) is 11.1 Å². The molecule has 0 saturated carbocycles. The minimum absolute atomic E-state index is 0.0115. The fraction of sp³-hybridized carbons (Fsp3) is 0.500. The predicted molar refractivity (Wildman–Crippen MR) is 125 cm³/mol. The predicted octanol–water partition coefficient (Wildman–Crippen LogP) is 6.44. The second kappa shape index (κ2) is 6.95. The van der Waals surface area contributed by atoms with Crippen molar-refractivity contribution in [3.63, 3.8) is 0 Å². The molecule has 156 valence electrons. The molecule has 0 spiro atoms. The van der Waals surface area contributed by atoms with Crippen molar-refractivity contribution in [2.75, 3.05) is 12.3 Å². The normalized spacial score (nSPS) is 21.1. The van der Waals surface area contributed by atoms with E-state index in [9.17, 15) is 9.36 Å². The van der Waals surface area contributed by atoms with E-state index in [1.54, 1.807) is 0 Å². The summed E-state index contributed by atoms with van der Waals surface area (Å²) in [6, 6.07) is 13.8. The van der Waals surface area contributed by atoms with Crippen molar-refractivity contribution in [1.29, 1.82) is 0 Å².